The van der Waals surface area contributed by atoms with Crippen LogP contribution in [-0.4, -0.2) is 6.54 Å². The van der Waals surface area contributed by atoms with Gasteiger partial charge in [0.25, 0.3) is 0 Å². The molecule has 3 heteroatoms. The molecule has 17 heavy (non-hydrogen) atoms. The summed E-state index contributed by atoms with van der Waals surface area (Å²) >= 11 is 5.74. The van der Waals surface area contributed by atoms with Gasteiger partial charge in [-0.3, -0.25) is 0 Å². The van der Waals surface area contributed by atoms with Gasteiger partial charge in [0.05, 0.1) is 6.04 Å². The van der Waals surface area contributed by atoms with Crippen molar-refractivity contribution >= 4 is 22.6 Å². The molecule has 2 aromatic rings. The lowest BCUT2D eigenvalue weighted by Gasteiger charge is -2.11. The van der Waals surface area contributed by atoms with Crippen molar-refractivity contribution in [1.82, 2.24) is 5.32 Å². The standard InChI is InChI=1S/C14H16ClNO/c1-9(15)8-16-11(3)14-10(2)12-6-4-5-7-13(12)17-14/h4-7,11,16H,1,8H2,2-3H3. The number of fused-ring (bicyclic) bond motifs is 1. The van der Waals surface area contributed by atoms with Gasteiger partial charge in [-0.25, -0.2) is 0 Å². The van der Waals surface area contributed by atoms with Gasteiger partial charge in [0.15, 0.2) is 0 Å². The highest BCUT2D eigenvalue weighted by atomic mass is 35.5. The molecule has 1 heterocycles. The van der Waals surface area contributed by atoms with E-state index >= 15 is 0 Å². The molecule has 90 valence electrons. The topological polar surface area (TPSA) is 25.2 Å². The molecule has 2 rings (SSSR count). The van der Waals surface area contributed by atoms with Gasteiger partial charge in [-0.1, -0.05) is 36.4 Å². The molecule has 1 atom stereocenters. The highest BCUT2D eigenvalue weighted by molar-refractivity contribution is 6.29. The highest BCUT2D eigenvalue weighted by Crippen LogP contribution is 2.29. The van der Waals surface area contributed by atoms with Crippen LogP contribution in [0.5, 0.6) is 0 Å². The maximum absolute atomic E-state index is 5.86. The number of hydrogen-bond acceptors (Lipinski definition) is 2. The maximum atomic E-state index is 5.86. The molecule has 1 N–H and O–H groups in total. The number of nitrogens with one attached hydrogen (secondary N) is 1. The summed E-state index contributed by atoms with van der Waals surface area (Å²) in [6.07, 6.45) is 0. The van der Waals surface area contributed by atoms with Gasteiger partial charge >= 0.3 is 0 Å². The van der Waals surface area contributed by atoms with Crippen LogP contribution in [-0.2, 0) is 0 Å². The van der Waals surface area contributed by atoms with Crippen LogP contribution in [0.4, 0.5) is 0 Å². The fraction of sp³-hybridized carbons (Fsp3) is 0.286. The number of halogens is 1. The molecule has 0 radical (unpaired) electrons. The number of para-hydroxylation sites is 1. The Labute approximate surface area is 106 Å². The van der Waals surface area contributed by atoms with Gasteiger partial charge in [0.1, 0.15) is 11.3 Å². The zero-order valence-electron chi connectivity index (χ0n) is 10.1. The lowest BCUT2D eigenvalue weighted by molar-refractivity contribution is 0.461. The van der Waals surface area contributed by atoms with Crippen molar-refractivity contribution in [3.05, 3.63) is 47.2 Å². The van der Waals surface area contributed by atoms with E-state index in [1.807, 2.05) is 18.2 Å². The van der Waals surface area contributed by atoms with E-state index in [0.29, 0.717) is 11.6 Å². The minimum atomic E-state index is 0.123. The summed E-state index contributed by atoms with van der Waals surface area (Å²) in [6.45, 7) is 8.38. The zero-order valence-corrected chi connectivity index (χ0v) is 10.8. The first-order valence-electron chi connectivity index (χ1n) is 5.64. The minimum absolute atomic E-state index is 0.123. The zero-order chi connectivity index (χ0) is 12.4. The van der Waals surface area contributed by atoms with Crippen molar-refractivity contribution in [2.45, 2.75) is 19.9 Å². The normalized spacial score (nSPS) is 12.9. The van der Waals surface area contributed by atoms with Crippen molar-refractivity contribution in [1.29, 1.82) is 0 Å². The Hall–Kier alpha value is -1.25. The molecule has 0 fully saturated rings. The lowest BCUT2D eigenvalue weighted by Crippen LogP contribution is -2.19. The summed E-state index contributed by atoms with van der Waals surface area (Å²) in [5.74, 6) is 0.962. The third-order valence-corrected chi connectivity index (χ3v) is 3.01. The predicted molar refractivity (Wildman–Crippen MR) is 72.4 cm³/mol. The van der Waals surface area contributed by atoms with E-state index in [9.17, 15) is 0 Å². The van der Waals surface area contributed by atoms with E-state index in [4.69, 9.17) is 16.0 Å². The summed E-state index contributed by atoms with van der Waals surface area (Å²) in [6, 6.07) is 8.18. The van der Waals surface area contributed by atoms with Crippen molar-refractivity contribution in [3.8, 4) is 0 Å². The smallest absolute Gasteiger partial charge is 0.134 e. The minimum Gasteiger partial charge on any atom is -0.459 e. The predicted octanol–water partition coefficient (Wildman–Crippen LogP) is 4.14. The number of hydrogen-bond donors (Lipinski definition) is 1. The molecule has 1 unspecified atom stereocenters. The van der Waals surface area contributed by atoms with Crippen LogP contribution >= 0.6 is 11.6 Å². The Balaban J connectivity index is 2.29. The third-order valence-electron chi connectivity index (χ3n) is 2.87. The number of furan rings is 1. The van der Waals surface area contributed by atoms with Gasteiger partial charge in [0.2, 0.25) is 0 Å². The van der Waals surface area contributed by atoms with E-state index in [1.54, 1.807) is 0 Å². The van der Waals surface area contributed by atoms with E-state index in [0.717, 1.165) is 11.3 Å². The molecule has 0 aliphatic rings. The first kappa shape index (κ1) is 12.2. The van der Waals surface area contributed by atoms with Crippen LogP contribution in [0.1, 0.15) is 24.3 Å². The summed E-state index contributed by atoms with van der Waals surface area (Å²) in [5.41, 5.74) is 2.11. The van der Waals surface area contributed by atoms with Crippen LogP contribution in [0.25, 0.3) is 11.0 Å². The molecule has 0 bridgehead atoms. The highest BCUT2D eigenvalue weighted by Gasteiger charge is 2.15. The second-order valence-electron chi connectivity index (χ2n) is 4.21. The number of benzene rings is 1. The molecular formula is C14H16ClNO. The molecule has 0 saturated carbocycles. The molecule has 2 nitrogen and oxygen atoms in total. The van der Waals surface area contributed by atoms with Crippen molar-refractivity contribution in [2.24, 2.45) is 0 Å². The van der Waals surface area contributed by atoms with Gasteiger partial charge in [-0.2, -0.15) is 0 Å². The number of aryl methyl sites for hydroxylation is 1. The van der Waals surface area contributed by atoms with Gasteiger partial charge in [0, 0.05) is 17.0 Å². The Morgan fingerprint density at radius 2 is 2.18 bits per heavy atom. The molecule has 0 aliphatic heterocycles. The first-order chi connectivity index (χ1) is 8.09. The van der Waals surface area contributed by atoms with Crippen LogP contribution in [0.2, 0.25) is 0 Å². The molecule has 1 aromatic heterocycles. The van der Waals surface area contributed by atoms with Crippen molar-refractivity contribution in [3.63, 3.8) is 0 Å². The van der Waals surface area contributed by atoms with Gasteiger partial charge in [-0.15, -0.1) is 0 Å². The van der Waals surface area contributed by atoms with Crippen LogP contribution in [0.3, 0.4) is 0 Å². The Kier molecular flexibility index (Phi) is 3.55. The summed E-state index contributed by atoms with van der Waals surface area (Å²) in [5, 5.41) is 5.04. The van der Waals surface area contributed by atoms with Crippen LogP contribution in [0.15, 0.2) is 40.3 Å². The molecule has 0 saturated heterocycles. The molecule has 0 spiro atoms. The Bertz CT molecular complexity index is 544. The fourth-order valence-electron chi connectivity index (χ4n) is 1.96. The fourth-order valence-corrected chi connectivity index (χ4v) is 2.04. The second kappa shape index (κ2) is 4.94. The quantitative estimate of drug-likeness (QED) is 0.881. The van der Waals surface area contributed by atoms with E-state index in [1.165, 1.54) is 10.9 Å². The average molecular weight is 250 g/mol. The number of rotatable bonds is 4. The SMILES string of the molecule is C=C(Cl)CNC(C)c1oc2ccccc2c1C. The van der Waals surface area contributed by atoms with Crippen LogP contribution in [0, 0.1) is 6.92 Å². The molecule has 1 aromatic carbocycles. The molecular weight excluding hydrogens is 234 g/mol. The summed E-state index contributed by atoms with van der Waals surface area (Å²) in [4.78, 5) is 0. The van der Waals surface area contributed by atoms with Gasteiger partial charge in [-0.05, 0) is 25.5 Å². The average Bonchev–Trinajstić information content (AvgIpc) is 2.64. The summed E-state index contributed by atoms with van der Waals surface area (Å²) < 4.78 is 5.86. The van der Waals surface area contributed by atoms with E-state index < -0.39 is 0 Å². The van der Waals surface area contributed by atoms with Crippen molar-refractivity contribution < 1.29 is 4.42 Å². The third kappa shape index (κ3) is 2.54. The largest absolute Gasteiger partial charge is 0.459 e. The van der Waals surface area contributed by atoms with Crippen molar-refractivity contribution in [2.75, 3.05) is 6.54 Å². The summed E-state index contributed by atoms with van der Waals surface area (Å²) in [7, 11) is 0. The Morgan fingerprint density at radius 1 is 1.47 bits per heavy atom. The molecule has 0 amide bonds. The van der Waals surface area contributed by atoms with E-state index in [-0.39, 0.29) is 6.04 Å². The first-order valence-corrected chi connectivity index (χ1v) is 6.02. The maximum Gasteiger partial charge on any atom is 0.134 e. The van der Waals surface area contributed by atoms with Gasteiger partial charge < -0.3 is 9.73 Å². The van der Waals surface area contributed by atoms with E-state index in [2.05, 4.69) is 31.8 Å². The van der Waals surface area contributed by atoms with Crippen LogP contribution < -0.4 is 5.32 Å². The molecule has 0 aliphatic carbocycles. The Morgan fingerprint density at radius 3 is 2.82 bits per heavy atom. The second-order valence-corrected chi connectivity index (χ2v) is 4.74. The lowest BCUT2D eigenvalue weighted by atomic mass is 10.1. The monoisotopic (exact) mass is 249 g/mol.